The van der Waals surface area contributed by atoms with E-state index in [9.17, 15) is 9.59 Å². The van der Waals surface area contributed by atoms with Gasteiger partial charge in [0.2, 0.25) is 0 Å². The van der Waals surface area contributed by atoms with Crippen LogP contribution in [-0.2, 0) is 13.1 Å². The number of aryl methyl sites for hydroxylation is 1. The first kappa shape index (κ1) is 25.8. The summed E-state index contributed by atoms with van der Waals surface area (Å²) in [6.45, 7) is 10.8. The number of nitrogens with zero attached hydrogens (tertiary/aromatic N) is 4. The number of anilines is 1. The number of amides is 2. The van der Waals surface area contributed by atoms with E-state index in [1.165, 1.54) is 11.1 Å². The average molecular weight is 531 g/mol. The van der Waals surface area contributed by atoms with Crippen molar-refractivity contribution in [1.82, 2.24) is 14.4 Å². The molecule has 0 bridgehead atoms. The van der Waals surface area contributed by atoms with Crippen LogP contribution < -0.4 is 4.90 Å². The number of hydrogen-bond acceptors (Lipinski definition) is 3. The molecule has 6 heteroatoms. The third-order valence-electron chi connectivity index (χ3n) is 8.10. The van der Waals surface area contributed by atoms with E-state index < -0.39 is 0 Å². The Hall–Kier alpha value is -4.42. The molecule has 0 unspecified atom stereocenters. The summed E-state index contributed by atoms with van der Waals surface area (Å²) in [6.07, 6.45) is 1.91. The number of rotatable bonds is 5. The van der Waals surface area contributed by atoms with Gasteiger partial charge in [-0.15, -0.1) is 6.58 Å². The molecule has 0 saturated carbocycles. The van der Waals surface area contributed by atoms with Crippen LogP contribution in [0.2, 0.25) is 0 Å². The first-order valence-electron chi connectivity index (χ1n) is 13.9. The number of piperazine rings is 1. The van der Waals surface area contributed by atoms with Crippen molar-refractivity contribution in [3.63, 3.8) is 0 Å². The molecular weight excluding hydrogens is 496 g/mol. The van der Waals surface area contributed by atoms with Crippen LogP contribution >= 0.6 is 0 Å². The number of carbonyl (C=O) groups is 2. The molecule has 3 aromatic carbocycles. The zero-order chi connectivity index (χ0) is 27.6. The average Bonchev–Trinajstić information content (AvgIpc) is 3.30. The first-order chi connectivity index (χ1) is 19.5. The molecule has 1 fully saturated rings. The van der Waals surface area contributed by atoms with Crippen molar-refractivity contribution in [3.05, 3.63) is 126 Å². The zero-order valence-electron chi connectivity index (χ0n) is 22.9. The van der Waals surface area contributed by atoms with Gasteiger partial charge in [0.15, 0.2) is 0 Å². The van der Waals surface area contributed by atoms with Crippen molar-refractivity contribution in [2.45, 2.75) is 20.0 Å². The van der Waals surface area contributed by atoms with Gasteiger partial charge >= 0.3 is 0 Å². The zero-order valence-corrected chi connectivity index (χ0v) is 22.9. The third kappa shape index (κ3) is 4.87. The number of fused-ring (bicyclic) bond motifs is 2. The van der Waals surface area contributed by atoms with Crippen molar-refractivity contribution < 1.29 is 9.59 Å². The first-order valence-corrected chi connectivity index (χ1v) is 13.9. The second kappa shape index (κ2) is 11.0. The normalized spacial score (nSPS) is 15.2. The highest BCUT2D eigenvalue weighted by atomic mass is 16.2. The summed E-state index contributed by atoms with van der Waals surface area (Å²) >= 11 is 0. The van der Waals surface area contributed by atoms with Crippen molar-refractivity contribution in [3.8, 4) is 11.1 Å². The molecule has 2 amide bonds. The fourth-order valence-corrected chi connectivity index (χ4v) is 5.85. The van der Waals surface area contributed by atoms with Gasteiger partial charge in [-0.25, -0.2) is 0 Å². The molecular formula is C34H34N4O2. The highest BCUT2D eigenvalue weighted by molar-refractivity contribution is 6.07. The van der Waals surface area contributed by atoms with Gasteiger partial charge in [-0.2, -0.15) is 0 Å². The minimum absolute atomic E-state index is 0.0496. The number of para-hydroxylation sites is 1. The Morgan fingerprint density at radius 2 is 1.52 bits per heavy atom. The molecule has 0 spiro atoms. The maximum absolute atomic E-state index is 13.9. The Bertz CT molecular complexity index is 1560. The molecule has 0 N–H and O–H groups in total. The Kier molecular flexibility index (Phi) is 7.10. The van der Waals surface area contributed by atoms with E-state index in [1.54, 1.807) is 0 Å². The maximum atomic E-state index is 13.9. The van der Waals surface area contributed by atoms with Gasteiger partial charge in [-0.1, -0.05) is 60.7 Å². The van der Waals surface area contributed by atoms with Crippen molar-refractivity contribution in [1.29, 1.82) is 0 Å². The summed E-state index contributed by atoms with van der Waals surface area (Å²) in [7, 11) is 0. The Balaban J connectivity index is 1.28. The van der Waals surface area contributed by atoms with Crippen LogP contribution in [-0.4, -0.2) is 58.9 Å². The number of benzene rings is 3. The minimum Gasteiger partial charge on any atom is -0.335 e. The lowest BCUT2D eigenvalue weighted by Crippen LogP contribution is -2.49. The number of hydrogen-bond donors (Lipinski definition) is 0. The van der Waals surface area contributed by atoms with Gasteiger partial charge in [0, 0.05) is 49.7 Å². The van der Waals surface area contributed by atoms with Crippen LogP contribution in [0.3, 0.4) is 0 Å². The third-order valence-corrected chi connectivity index (χ3v) is 8.10. The molecule has 0 aliphatic carbocycles. The van der Waals surface area contributed by atoms with E-state index in [0.29, 0.717) is 37.4 Å². The molecule has 6 rings (SSSR count). The van der Waals surface area contributed by atoms with Gasteiger partial charge in [-0.05, 0) is 59.5 Å². The molecule has 6 nitrogen and oxygen atoms in total. The SMILES string of the molecule is C=CCN1CCN(C(=O)c2ccc3n2Cc2ccccc2N(C(=O)c2ccc(-c4ccccc4C)cc2)C3)CC1. The van der Waals surface area contributed by atoms with Crippen molar-refractivity contribution in [2.24, 2.45) is 0 Å². The highest BCUT2D eigenvalue weighted by Gasteiger charge is 2.29. The summed E-state index contributed by atoms with van der Waals surface area (Å²) < 4.78 is 2.09. The smallest absolute Gasteiger partial charge is 0.270 e. The molecule has 2 aliphatic heterocycles. The molecule has 1 saturated heterocycles. The highest BCUT2D eigenvalue weighted by Crippen LogP contribution is 2.31. The van der Waals surface area contributed by atoms with E-state index in [2.05, 4.69) is 35.1 Å². The van der Waals surface area contributed by atoms with Crippen LogP contribution in [0.15, 0.2) is 97.6 Å². The summed E-state index contributed by atoms with van der Waals surface area (Å²) in [5.74, 6) is -0.00166. The van der Waals surface area contributed by atoms with E-state index in [1.807, 2.05) is 88.7 Å². The van der Waals surface area contributed by atoms with Gasteiger partial charge in [0.25, 0.3) is 11.8 Å². The summed E-state index contributed by atoms with van der Waals surface area (Å²) in [5.41, 5.74) is 7.64. The molecule has 2 aliphatic rings. The lowest BCUT2D eigenvalue weighted by atomic mass is 9.99. The van der Waals surface area contributed by atoms with E-state index in [4.69, 9.17) is 0 Å². The van der Waals surface area contributed by atoms with Crippen LogP contribution in [0.25, 0.3) is 11.1 Å². The lowest BCUT2D eigenvalue weighted by Gasteiger charge is -2.34. The predicted molar refractivity (Wildman–Crippen MR) is 160 cm³/mol. The summed E-state index contributed by atoms with van der Waals surface area (Å²) in [4.78, 5) is 33.7. The standard InChI is InChI=1S/C34H34N4O2/c1-3-18-35-19-21-36(22-20-35)34(40)32-17-16-29-24-38(31-11-7-5-9-28(31)23-37(29)32)33(39)27-14-12-26(13-15-27)30-10-6-4-8-25(30)2/h3-17H,1,18-24H2,2H3. The van der Waals surface area contributed by atoms with E-state index >= 15 is 0 Å². The van der Waals surface area contributed by atoms with Gasteiger partial charge < -0.3 is 14.4 Å². The van der Waals surface area contributed by atoms with Gasteiger partial charge in [0.1, 0.15) is 5.69 Å². The molecule has 4 aromatic rings. The molecule has 0 atom stereocenters. The fourth-order valence-electron chi connectivity index (χ4n) is 5.85. The second-order valence-electron chi connectivity index (χ2n) is 10.6. The molecule has 3 heterocycles. The van der Waals surface area contributed by atoms with Crippen LogP contribution in [0.5, 0.6) is 0 Å². The lowest BCUT2D eigenvalue weighted by molar-refractivity contribution is 0.0639. The molecule has 1 aromatic heterocycles. The maximum Gasteiger partial charge on any atom is 0.270 e. The van der Waals surface area contributed by atoms with Crippen LogP contribution in [0.4, 0.5) is 5.69 Å². The Labute approximate surface area is 235 Å². The van der Waals surface area contributed by atoms with Crippen molar-refractivity contribution in [2.75, 3.05) is 37.6 Å². The van der Waals surface area contributed by atoms with Crippen LogP contribution in [0.1, 0.15) is 37.7 Å². The molecule has 0 radical (unpaired) electrons. The quantitative estimate of drug-likeness (QED) is 0.315. The molecule has 40 heavy (non-hydrogen) atoms. The summed E-state index contributed by atoms with van der Waals surface area (Å²) in [5, 5.41) is 0. The van der Waals surface area contributed by atoms with Crippen molar-refractivity contribution >= 4 is 17.5 Å². The monoisotopic (exact) mass is 530 g/mol. The molecule has 202 valence electrons. The van der Waals surface area contributed by atoms with Crippen LogP contribution in [0, 0.1) is 6.92 Å². The predicted octanol–water partition coefficient (Wildman–Crippen LogP) is 5.62. The largest absolute Gasteiger partial charge is 0.335 e. The van der Waals surface area contributed by atoms with Gasteiger partial charge in [-0.3, -0.25) is 14.5 Å². The number of carbonyl (C=O) groups excluding carboxylic acids is 2. The van der Waals surface area contributed by atoms with E-state index in [0.717, 1.165) is 42.1 Å². The summed E-state index contributed by atoms with van der Waals surface area (Å²) in [6, 6.07) is 28.1. The minimum atomic E-state index is -0.0512. The number of aromatic nitrogens is 1. The van der Waals surface area contributed by atoms with E-state index in [-0.39, 0.29) is 11.8 Å². The topological polar surface area (TPSA) is 48.8 Å². The second-order valence-corrected chi connectivity index (χ2v) is 10.6. The Morgan fingerprint density at radius 3 is 2.27 bits per heavy atom. The van der Waals surface area contributed by atoms with Gasteiger partial charge in [0.05, 0.1) is 13.1 Å². The fraction of sp³-hybridized carbons (Fsp3) is 0.235. The Morgan fingerprint density at radius 1 is 0.800 bits per heavy atom.